The lowest BCUT2D eigenvalue weighted by atomic mass is 9.90. The summed E-state index contributed by atoms with van der Waals surface area (Å²) in [6.45, 7) is 2.15. The SMILES string of the molecule is Cl.c1ccc(C(=C2CCCNC2)c2ccccc2)cc1. The highest BCUT2D eigenvalue weighted by molar-refractivity contribution is 5.85. The summed E-state index contributed by atoms with van der Waals surface area (Å²) in [5.74, 6) is 0. The molecule has 1 nitrogen and oxygen atoms in total. The van der Waals surface area contributed by atoms with E-state index in [4.69, 9.17) is 0 Å². The summed E-state index contributed by atoms with van der Waals surface area (Å²) in [4.78, 5) is 0. The maximum atomic E-state index is 3.50. The van der Waals surface area contributed by atoms with E-state index in [1.54, 1.807) is 0 Å². The van der Waals surface area contributed by atoms with Crippen molar-refractivity contribution in [1.29, 1.82) is 0 Å². The van der Waals surface area contributed by atoms with Gasteiger partial charge in [-0.3, -0.25) is 0 Å². The molecule has 1 heterocycles. The Balaban J connectivity index is 0.00000147. The normalized spacial score (nSPS) is 14.5. The van der Waals surface area contributed by atoms with Crippen LogP contribution in [0.2, 0.25) is 0 Å². The van der Waals surface area contributed by atoms with Gasteiger partial charge in [-0.1, -0.05) is 60.7 Å². The topological polar surface area (TPSA) is 12.0 Å². The van der Waals surface area contributed by atoms with Gasteiger partial charge in [-0.25, -0.2) is 0 Å². The van der Waals surface area contributed by atoms with E-state index >= 15 is 0 Å². The third kappa shape index (κ3) is 3.30. The van der Waals surface area contributed by atoms with E-state index in [0.717, 1.165) is 13.1 Å². The van der Waals surface area contributed by atoms with Gasteiger partial charge in [0.05, 0.1) is 0 Å². The predicted molar refractivity (Wildman–Crippen MR) is 88.3 cm³/mol. The lowest BCUT2D eigenvalue weighted by Crippen LogP contribution is -2.24. The maximum absolute atomic E-state index is 3.50. The van der Waals surface area contributed by atoms with Crippen LogP contribution >= 0.6 is 12.4 Å². The van der Waals surface area contributed by atoms with Crippen molar-refractivity contribution in [3.05, 3.63) is 77.4 Å². The van der Waals surface area contributed by atoms with Crippen molar-refractivity contribution in [3.8, 4) is 0 Å². The fourth-order valence-corrected chi connectivity index (χ4v) is 2.75. The van der Waals surface area contributed by atoms with Crippen LogP contribution in [-0.4, -0.2) is 13.1 Å². The van der Waals surface area contributed by atoms with Crippen LogP contribution in [0.4, 0.5) is 0 Å². The molecular weight excluding hydrogens is 266 g/mol. The summed E-state index contributed by atoms with van der Waals surface area (Å²) in [5, 5.41) is 3.50. The Morgan fingerprint density at radius 3 is 1.80 bits per heavy atom. The Bertz CT molecular complexity index is 511. The molecule has 104 valence electrons. The van der Waals surface area contributed by atoms with Crippen LogP contribution in [0.25, 0.3) is 5.57 Å². The quantitative estimate of drug-likeness (QED) is 0.868. The Morgan fingerprint density at radius 2 is 1.35 bits per heavy atom. The molecule has 0 spiro atoms. The Labute approximate surface area is 127 Å². The largest absolute Gasteiger partial charge is 0.313 e. The highest BCUT2D eigenvalue weighted by atomic mass is 35.5. The Hall–Kier alpha value is -1.57. The first kappa shape index (κ1) is 14.8. The zero-order valence-corrected chi connectivity index (χ0v) is 12.3. The van der Waals surface area contributed by atoms with Crippen LogP contribution in [0.1, 0.15) is 24.0 Å². The number of nitrogens with one attached hydrogen (secondary N) is 1. The molecule has 0 unspecified atom stereocenters. The van der Waals surface area contributed by atoms with Gasteiger partial charge < -0.3 is 5.32 Å². The number of hydrogen-bond acceptors (Lipinski definition) is 1. The summed E-state index contributed by atoms with van der Waals surface area (Å²) in [7, 11) is 0. The first-order chi connectivity index (χ1) is 9.45. The molecule has 1 saturated heterocycles. The Kier molecular flexibility index (Phi) is 5.40. The van der Waals surface area contributed by atoms with Crippen LogP contribution in [0.5, 0.6) is 0 Å². The molecule has 0 bridgehead atoms. The van der Waals surface area contributed by atoms with Crippen LogP contribution in [-0.2, 0) is 0 Å². The van der Waals surface area contributed by atoms with Gasteiger partial charge in [-0.05, 0) is 41.7 Å². The zero-order chi connectivity index (χ0) is 12.9. The average molecular weight is 286 g/mol. The second-order valence-corrected chi connectivity index (χ2v) is 4.99. The van der Waals surface area contributed by atoms with Crippen molar-refractivity contribution in [3.63, 3.8) is 0 Å². The number of hydrogen-bond donors (Lipinski definition) is 1. The van der Waals surface area contributed by atoms with Gasteiger partial charge in [0.2, 0.25) is 0 Å². The number of piperidine rings is 1. The van der Waals surface area contributed by atoms with Crippen LogP contribution < -0.4 is 5.32 Å². The van der Waals surface area contributed by atoms with E-state index in [-0.39, 0.29) is 12.4 Å². The lowest BCUT2D eigenvalue weighted by molar-refractivity contribution is 0.611. The monoisotopic (exact) mass is 285 g/mol. The first-order valence-electron chi connectivity index (χ1n) is 6.99. The van der Waals surface area contributed by atoms with Crippen molar-refractivity contribution < 1.29 is 0 Å². The third-order valence-corrected chi connectivity index (χ3v) is 3.65. The summed E-state index contributed by atoms with van der Waals surface area (Å²) in [6, 6.07) is 21.5. The summed E-state index contributed by atoms with van der Waals surface area (Å²) >= 11 is 0. The van der Waals surface area contributed by atoms with Crippen molar-refractivity contribution in [2.24, 2.45) is 0 Å². The molecule has 1 fully saturated rings. The molecule has 0 amide bonds. The molecule has 0 aliphatic carbocycles. The van der Waals surface area contributed by atoms with Crippen molar-refractivity contribution in [1.82, 2.24) is 5.32 Å². The van der Waals surface area contributed by atoms with E-state index in [1.807, 2.05) is 0 Å². The molecule has 2 aromatic rings. The van der Waals surface area contributed by atoms with Gasteiger partial charge in [0.15, 0.2) is 0 Å². The lowest BCUT2D eigenvalue weighted by Gasteiger charge is -2.21. The van der Waals surface area contributed by atoms with Gasteiger partial charge in [-0.2, -0.15) is 0 Å². The first-order valence-corrected chi connectivity index (χ1v) is 6.99. The van der Waals surface area contributed by atoms with Crippen molar-refractivity contribution in [2.45, 2.75) is 12.8 Å². The summed E-state index contributed by atoms with van der Waals surface area (Å²) in [6.07, 6.45) is 2.44. The molecule has 0 radical (unpaired) electrons. The molecule has 0 aromatic heterocycles. The summed E-state index contributed by atoms with van der Waals surface area (Å²) in [5.41, 5.74) is 5.59. The van der Waals surface area contributed by atoms with Crippen LogP contribution in [0, 0.1) is 0 Å². The fourth-order valence-electron chi connectivity index (χ4n) is 2.75. The fraction of sp³-hybridized carbons (Fsp3) is 0.222. The molecular formula is C18H20ClN. The van der Waals surface area contributed by atoms with E-state index in [0.29, 0.717) is 0 Å². The smallest absolute Gasteiger partial charge is 0.0174 e. The molecule has 0 atom stereocenters. The summed E-state index contributed by atoms with van der Waals surface area (Å²) < 4.78 is 0. The van der Waals surface area contributed by atoms with Crippen molar-refractivity contribution in [2.75, 3.05) is 13.1 Å². The molecule has 2 aromatic carbocycles. The van der Waals surface area contributed by atoms with Crippen molar-refractivity contribution >= 4 is 18.0 Å². The second kappa shape index (κ2) is 7.28. The highest BCUT2D eigenvalue weighted by Gasteiger charge is 2.13. The third-order valence-electron chi connectivity index (χ3n) is 3.65. The number of rotatable bonds is 2. The van der Waals surface area contributed by atoms with Crippen LogP contribution in [0.3, 0.4) is 0 Å². The molecule has 3 rings (SSSR count). The second-order valence-electron chi connectivity index (χ2n) is 4.99. The standard InChI is InChI=1S/C18H19N.ClH/c1-3-8-15(9-4-1)18(16-10-5-2-6-11-16)17-12-7-13-19-14-17;/h1-6,8-11,19H,7,12-14H2;1H. The van der Waals surface area contributed by atoms with E-state index in [1.165, 1.54) is 35.1 Å². The molecule has 1 aliphatic heterocycles. The van der Waals surface area contributed by atoms with E-state index in [2.05, 4.69) is 66.0 Å². The minimum atomic E-state index is 0. The van der Waals surface area contributed by atoms with E-state index in [9.17, 15) is 0 Å². The predicted octanol–water partition coefficient (Wildman–Crippen LogP) is 4.29. The Morgan fingerprint density at radius 1 is 0.800 bits per heavy atom. The molecule has 1 N–H and O–H groups in total. The zero-order valence-electron chi connectivity index (χ0n) is 11.5. The molecule has 20 heavy (non-hydrogen) atoms. The maximum Gasteiger partial charge on any atom is 0.0174 e. The van der Waals surface area contributed by atoms with Gasteiger partial charge in [0, 0.05) is 6.54 Å². The minimum absolute atomic E-state index is 0. The van der Waals surface area contributed by atoms with Gasteiger partial charge >= 0.3 is 0 Å². The van der Waals surface area contributed by atoms with Gasteiger partial charge in [0.1, 0.15) is 0 Å². The molecule has 2 heteroatoms. The molecule has 0 saturated carbocycles. The van der Waals surface area contributed by atoms with Gasteiger partial charge in [0.25, 0.3) is 0 Å². The molecule has 1 aliphatic rings. The van der Waals surface area contributed by atoms with Gasteiger partial charge in [-0.15, -0.1) is 12.4 Å². The number of benzene rings is 2. The minimum Gasteiger partial charge on any atom is -0.313 e. The highest BCUT2D eigenvalue weighted by Crippen LogP contribution is 2.29. The number of halogens is 1. The van der Waals surface area contributed by atoms with E-state index < -0.39 is 0 Å². The van der Waals surface area contributed by atoms with Crippen LogP contribution in [0.15, 0.2) is 66.2 Å². The average Bonchev–Trinajstić information content (AvgIpc) is 2.51.